The Hall–Kier alpha value is -2.47. The minimum Gasteiger partial charge on any atom is -0.365 e. The van der Waals surface area contributed by atoms with E-state index in [1.807, 2.05) is 10.6 Å². The van der Waals surface area contributed by atoms with E-state index in [2.05, 4.69) is 50.1 Å². The van der Waals surface area contributed by atoms with Crippen LogP contribution in [0.1, 0.15) is 17.2 Å². The summed E-state index contributed by atoms with van der Waals surface area (Å²) in [5.41, 5.74) is 3.54. The largest absolute Gasteiger partial charge is 0.365 e. The average Bonchev–Trinajstić information content (AvgIpc) is 3.02. The summed E-state index contributed by atoms with van der Waals surface area (Å²) in [6, 6.07) is 8.89. The van der Waals surface area contributed by atoms with Crippen LogP contribution in [0, 0.1) is 0 Å². The van der Waals surface area contributed by atoms with Crippen LogP contribution in [0.5, 0.6) is 0 Å². The van der Waals surface area contributed by atoms with Crippen molar-refractivity contribution in [1.29, 1.82) is 0 Å². The number of benzene rings is 1. The first kappa shape index (κ1) is 12.3. The Bertz CT molecular complexity index is 765. The van der Waals surface area contributed by atoms with Gasteiger partial charge in [0.2, 0.25) is 5.65 Å². The molecule has 0 saturated carbocycles. The van der Waals surface area contributed by atoms with Crippen LogP contribution < -0.4 is 10.6 Å². The second-order valence-corrected chi connectivity index (χ2v) is 5.17. The van der Waals surface area contributed by atoms with Crippen LogP contribution in [0.3, 0.4) is 0 Å². The van der Waals surface area contributed by atoms with Crippen molar-refractivity contribution >= 4 is 11.5 Å². The summed E-state index contributed by atoms with van der Waals surface area (Å²) in [5, 5.41) is 14.9. The summed E-state index contributed by atoms with van der Waals surface area (Å²) < 4.78 is 1.86. The van der Waals surface area contributed by atoms with Crippen molar-refractivity contribution in [1.82, 2.24) is 24.9 Å². The van der Waals surface area contributed by atoms with Gasteiger partial charge in [-0.1, -0.05) is 24.3 Å². The molecule has 106 valence electrons. The summed E-state index contributed by atoms with van der Waals surface area (Å²) in [5.74, 6) is 0.764. The molecule has 2 aromatic heterocycles. The van der Waals surface area contributed by atoms with E-state index in [4.69, 9.17) is 0 Å². The van der Waals surface area contributed by atoms with E-state index in [0.717, 1.165) is 31.0 Å². The SMILES string of the molecule is c1ccc2c(c1)CCNC2CNc1nccn2cnnc12. The Balaban J connectivity index is 1.57. The number of hydrogen-bond donors (Lipinski definition) is 2. The Morgan fingerprint density at radius 2 is 2.29 bits per heavy atom. The number of fused-ring (bicyclic) bond motifs is 2. The predicted molar refractivity (Wildman–Crippen MR) is 80.2 cm³/mol. The summed E-state index contributed by atoms with van der Waals surface area (Å²) in [6.45, 7) is 1.78. The molecule has 1 aliphatic rings. The average molecular weight is 280 g/mol. The lowest BCUT2D eigenvalue weighted by molar-refractivity contribution is 0.523. The van der Waals surface area contributed by atoms with E-state index < -0.39 is 0 Å². The maximum absolute atomic E-state index is 4.36. The highest BCUT2D eigenvalue weighted by Crippen LogP contribution is 2.23. The van der Waals surface area contributed by atoms with E-state index in [1.165, 1.54) is 11.1 Å². The molecular formula is C15H16N6. The molecule has 0 fully saturated rings. The number of nitrogens with one attached hydrogen (secondary N) is 2. The molecule has 21 heavy (non-hydrogen) atoms. The van der Waals surface area contributed by atoms with Crippen molar-refractivity contribution in [3.63, 3.8) is 0 Å². The molecule has 4 rings (SSSR count). The van der Waals surface area contributed by atoms with E-state index in [9.17, 15) is 0 Å². The summed E-state index contributed by atoms with van der Waals surface area (Å²) in [7, 11) is 0. The Morgan fingerprint density at radius 1 is 1.33 bits per heavy atom. The molecular weight excluding hydrogens is 264 g/mol. The lowest BCUT2D eigenvalue weighted by atomic mass is 9.94. The molecule has 6 nitrogen and oxygen atoms in total. The smallest absolute Gasteiger partial charge is 0.203 e. The van der Waals surface area contributed by atoms with E-state index in [-0.39, 0.29) is 0 Å². The molecule has 0 bridgehead atoms. The molecule has 3 heterocycles. The number of aromatic nitrogens is 4. The second-order valence-electron chi connectivity index (χ2n) is 5.17. The number of hydrogen-bond acceptors (Lipinski definition) is 5. The molecule has 3 aromatic rings. The minimum atomic E-state index is 0.292. The van der Waals surface area contributed by atoms with Gasteiger partial charge >= 0.3 is 0 Å². The third kappa shape index (κ3) is 2.23. The quantitative estimate of drug-likeness (QED) is 0.759. The van der Waals surface area contributed by atoms with Gasteiger partial charge in [-0.25, -0.2) is 4.98 Å². The van der Waals surface area contributed by atoms with Gasteiger partial charge in [-0.05, 0) is 24.1 Å². The van der Waals surface area contributed by atoms with Crippen molar-refractivity contribution in [3.05, 3.63) is 54.1 Å². The van der Waals surface area contributed by atoms with Crippen LogP contribution in [0.15, 0.2) is 43.0 Å². The molecule has 1 aromatic carbocycles. The van der Waals surface area contributed by atoms with Crippen LogP contribution in [0.2, 0.25) is 0 Å². The highest BCUT2D eigenvalue weighted by Gasteiger charge is 2.19. The number of rotatable bonds is 3. The maximum atomic E-state index is 4.36. The molecule has 6 heteroatoms. The van der Waals surface area contributed by atoms with Gasteiger partial charge in [0.15, 0.2) is 5.82 Å². The van der Waals surface area contributed by atoms with Gasteiger partial charge in [0.25, 0.3) is 0 Å². The fourth-order valence-electron chi connectivity index (χ4n) is 2.86. The van der Waals surface area contributed by atoms with Crippen LogP contribution >= 0.6 is 0 Å². The van der Waals surface area contributed by atoms with Crippen LogP contribution in [-0.4, -0.2) is 32.7 Å². The maximum Gasteiger partial charge on any atom is 0.203 e. The van der Waals surface area contributed by atoms with Gasteiger partial charge < -0.3 is 10.6 Å². The van der Waals surface area contributed by atoms with E-state index in [1.54, 1.807) is 12.5 Å². The fourth-order valence-corrected chi connectivity index (χ4v) is 2.86. The monoisotopic (exact) mass is 280 g/mol. The van der Waals surface area contributed by atoms with Gasteiger partial charge in [0.05, 0.1) is 0 Å². The first-order valence-electron chi connectivity index (χ1n) is 7.11. The predicted octanol–water partition coefficient (Wildman–Crippen LogP) is 1.42. The zero-order chi connectivity index (χ0) is 14.1. The van der Waals surface area contributed by atoms with Crippen LogP contribution in [0.4, 0.5) is 5.82 Å². The normalized spacial score (nSPS) is 17.6. The molecule has 0 saturated heterocycles. The Morgan fingerprint density at radius 3 is 3.29 bits per heavy atom. The van der Waals surface area contributed by atoms with Crippen molar-refractivity contribution in [2.75, 3.05) is 18.4 Å². The first-order valence-corrected chi connectivity index (χ1v) is 7.11. The molecule has 1 unspecified atom stereocenters. The van der Waals surface area contributed by atoms with Crippen molar-refractivity contribution in [2.24, 2.45) is 0 Å². The van der Waals surface area contributed by atoms with Crippen molar-refractivity contribution in [2.45, 2.75) is 12.5 Å². The topological polar surface area (TPSA) is 67.1 Å². The van der Waals surface area contributed by atoms with Crippen molar-refractivity contribution in [3.8, 4) is 0 Å². The van der Waals surface area contributed by atoms with E-state index in [0.29, 0.717) is 6.04 Å². The Kier molecular flexibility index (Phi) is 3.01. The molecule has 1 aliphatic heterocycles. The van der Waals surface area contributed by atoms with Crippen LogP contribution in [0.25, 0.3) is 5.65 Å². The summed E-state index contributed by atoms with van der Waals surface area (Å²) >= 11 is 0. The van der Waals surface area contributed by atoms with Crippen molar-refractivity contribution < 1.29 is 0 Å². The number of anilines is 1. The molecule has 0 amide bonds. The molecule has 0 spiro atoms. The third-order valence-electron chi connectivity index (χ3n) is 3.90. The van der Waals surface area contributed by atoms with Gasteiger partial charge in [0.1, 0.15) is 6.33 Å². The third-order valence-corrected chi connectivity index (χ3v) is 3.90. The molecule has 2 N–H and O–H groups in total. The van der Waals surface area contributed by atoms with Gasteiger partial charge in [-0.15, -0.1) is 10.2 Å². The summed E-state index contributed by atoms with van der Waals surface area (Å²) in [6.07, 6.45) is 6.36. The van der Waals surface area contributed by atoms with Crippen LogP contribution in [-0.2, 0) is 6.42 Å². The fraction of sp³-hybridized carbons (Fsp3) is 0.267. The molecule has 0 radical (unpaired) electrons. The zero-order valence-electron chi connectivity index (χ0n) is 11.5. The Labute approximate surface area is 122 Å². The standard InChI is InChI=1S/C15H16N6/c1-2-4-12-11(3-1)5-6-16-13(12)9-18-14-15-20-19-10-21(15)8-7-17-14/h1-4,7-8,10,13,16H,5-6,9H2,(H,17,18). The van der Waals surface area contributed by atoms with E-state index >= 15 is 0 Å². The highest BCUT2D eigenvalue weighted by molar-refractivity contribution is 5.61. The summed E-state index contributed by atoms with van der Waals surface area (Å²) in [4.78, 5) is 4.36. The minimum absolute atomic E-state index is 0.292. The number of nitrogens with zero attached hydrogens (tertiary/aromatic N) is 4. The highest BCUT2D eigenvalue weighted by atomic mass is 15.2. The second kappa shape index (κ2) is 5.14. The molecule has 1 atom stereocenters. The van der Waals surface area contributed by atoms with Gasteiger partial charge in [-0.2, -0.15) is 0 Å². The lowest BCUT2D eigenvalue weighted by Gasteiger charge is -2.27. The van der Waals surface area contributed by atoms with Gasteiger partial charge in [-0.3, -0.25) is 4.40 Å². The zero-order valence-corrected chi connectivity index (χ0v) is 11.5. The van der Waals surface area contributed by atoms with Gasteiger partial charge in [0, 0.05) is 25.0 Å². The first-order chi connectivity index (χ1) is 10.4. The molecule has 0 aliphatic carbocycles. The lowest BCUT2D eigenvalue weighted by Crippen LogP contribution is -2.34.